The Kier molecular flexibility index (Phi) is 4.44. The topological polar surface area (TPSA) is 58.9 Å². The number of nitrogens with one attached hydrogen (secondary N) is 1. The molecule has 114 valence electrons. The van der Waals surface area contributed by atoms with E-state index in [4.69, 9.17) is 0 Å². The lowest BCUT2D eigenvalue weighted by molar-refractivity contribution is 0.000961. The van der Waals surface area contributed by atoms with Gasteiger partial charge in [-0.25, -0.2) is 0 Å². The van der Waals surface area contributed by atoms with Crippen molar-refractivity contribution in [3.8, 4) is 0 Å². The van der Waals surface area contributed by atoms with Crippen molar-refractivity contribution in [2.24, 2.45) is 7.05 Å². The van der Waals surface area contributed by atoms with Crippen molar-refractivity contribution in [2.75, 3.05) is 13.1 Å². The van der Waals surface area contributed by atoms with E-state index in [0.29, 0.717) is 0 Å². The van der Waals surface area contributed by atoms with Crippen LogP contribution in [0.5, 0.6) is 0 Å². The van der Waals surface area contributed by atoms with Gasteiger partial charge in [-0.15, -0.1) is 10.2 Å². The molecule has 20 heavy (non-hydrogen) atoms. The highest BCUT2D eigenvalue weighted by atomic mass is 15.6. The molecule has 0 amide bonds. The van der Waals surface area contributed by atoms with Crippen molar-refractivity contribution in [2.45, 2.75) is 64.6 Å². The van der Waals surface area contributed by atoms with Gasteiger partial charge in [-0.3, -0.25) is 4.90 Å². The van der Waals surface area contributed by atoms with Crippen molar-refractivity contribution in [1.29, 1.82) is 0 Å². The summed E-state index contributed by atoms with van der Waals surface area (Å²) in [5.74, 6) is 0.815. The third-order valence-corrected chi connectivity index (χ3v) is 5.10. The predicted molar refractivity (Wildman–Crippen MR) is 79.2 cm³/mol. The molecule has 0 aliphatic carbocycles. The van der Waals surface area contributed by atoms with E-state index in [1.165, 1.54) is 4.80 Å². The van der Waals surface area contributed by atoms with Crippen LogP contribution in [-0.4, -0.2) is 49.3 Å². The van der Waals surface area contributed by atoms with Gasteiger partial charge in [-0.05, 0) is 31.4 Å². The molecule has 0 radical (unpaired) electrons. The largest absolute Gasteiger partial charge is 0.308 e. The number of tetrazole rings is 1. The fourth-order valence-electron chi connectivity index (χ4n) is 2.98. The molecule has 1 fully saturated rings. The summed E-state index contributed by atoms with van der Waals surface area (Å²) in [6.07, 6.45) is 3.41. The summed E-state index contributed by atoms with van der Waals surface area (Å²) in [5, 5.41) is 16.2. The summed E-state index contributed by atoms with van der Waals surface area (Å²) >= 11 is 0. The monoisotopic (exact) mass is 280 g/mol. The molecule has 1 N–H and O–H groups in total. The van der Waals surface area contributed by atoms with Gasteiger partial charge in [0.15, 0.2) is 5.82 Å². The molecule has 6 heteroatoms. The Hall–Kier alpha value is -1.01. The van der Waals surface area contributed by atoms with Crippen molar-refractivity contribution in [3.63, 3.8) is 0 Å². The smallest absolute Gasteiger partial charge is 0.188 e. The second kappa shape index (κ2) is 5.77. The Morgan fingerprint density at radius 2 is 1.90 bits per heavy atom. The minimum absolute atomic E-state index is 0.160. The van der Waals surface area contributed by atoms with E-state index < -0.39 is 0 Å². The van der Waals surface area contributed by atoms with Gasteiger partial charge in [0.1, 0.15) is 0 Å². The summed E-state index contributed by atoms with van der Waals surface area (Å²) in [4.78, 5) is 4.07. The van der Waals surface area contributed by atoms with E-state index in [2.05, 4.69) is 53.3 Å². The summed E-state index contributed by atoms with van der Waals surface area (Å²) < 4.78 is 0. The average molecular weight is 280 g/mol. The summed E-state index contributed by atoms with van der Waals surface area (Å²) in [6, 6.07) is 0. The number of hydrogen-bond acceptors (Lipinski definition) is 5. The molecular formula is C14H28N6. The van der Waals surface area contributed by atoms with E-state index in [0.717, 1.165) is 44.7 Å². The molecule has 0 spiro atoms. The van der Waals surface area contributed by atoms with Gasteiger partial charge in [0.2, 0.25) is 0 Å². The Morgan fingerprint density at radius 1 is 1.20 bits per heavy atom. The fourth-order valence-corrected chi connectivity index (χ4v) is 2.98. The molecule has 1 atom stereocenters. The number of hydrogen-bond donors (Lipinski definition) is 1. The first-order chi connectivity index (χ1) is 9.47. The quantitative estimate of drug-likeness (QED) is 0.882. The number of piperazine rings is 1. The number of aromatic nitrogens is 4. The van der Waals surface area contributed by atoms with Crippen LogP contribution in [0.2, 0.25) is 0 Å². The molecule has 1 aromatic heterocycles. The third-order valence-electron chi connectivity index (χ3n) is 5.10. The molecule has 1 aromatic rings. The van der Waals surface area contributed by atoms with Crippen LogP contribution in [0.1, 0.15) is 52.8 Å². The lowest BCUT2D eigenvalue weighted by Gasteiger charge is -2.52. The molecule has 1 aliphatic rings. The maximum absolute atomic E-state index is 4.34. The van der Waals surface area contributed by atoms with E-state index in [1.807, 2.05) is 7.05 Å². The van der Waals surface area contributed by atoms with E-state index in [1.54, 1.807) is 0 Å². The Bertz CT molecular complexity index is 439. The van der Waals surface area contributed by atoms with Crippen LogP contribution >= 0.6 is 0 Å². The highest BCUT2D eigenvalue weighted by Gasteiger charge is 2.42. The van der Waals surface area contributed by atoms with E-state index >= 15 is 0 Å². The van der Waals surface area contributed by atoms with Crippen molar-refractivity contribution < 1.29 is 0 Å². The van der Waals surface area contributed by atoms with Crippen LogP contribution in [0.4, 0.5) is 0 Å². The Morgan fingerprint density at radius 3 is 2.40 bits per heavy atom. The van der Waals surface area contributed by atoms with E-state index in [-0.39, 0.29) is 11.1 Å². The second-order valence-corrected chi connectivity index (χ2v) is 6.24. The van der Waals surface area contributed by atoms with Crippen LogP contribution in [0, 0.1) is 0 Å². The maximum Gasteiger partial charge on any atom is 0.188 e. The van der Waals surface area contributed by atoms with Crippen molar-refractivity contribution in [1.82, 2.24) is 30.4 Å². The lowest BCUT2D eigenvalue weighted by Crippen LogP contribution is -2.68. The second-order valence-electron chi connectivity index (χ2n) is 6.24. The molecular weight excluding hydrogens is 252 g/mol. The molecule has 1 unspecified atom stereocenters. The zero-order chi connectivity index (χ0) is 14.8. The Labute approximate surface area is 121 Å². The predicted octanol–water partition coefficient (Wildman–Crippen LogP) is 1.34. The van der Waals surface area contributed by atoms with Crippen molar-refractivity contribution in [3.05, 3.63) is 5.82 Å². The normalized spacial score (nSPS) is 26.9. The van der Waals surface area contributed by atoms with E-state index in [9.17, 15) is 0 Å². The molecule has 2 heterocycles. The average Bonchev–Trinajstić information content (AvgIpc) is 2.87. The van der Waals surface area contributed by atoms with Gasteiger partial charge >= 0.3 is 0 Å². The Balaban J connectivity index is 2.19. The highest BCUT2D eigenvalue weighted by molar-refractivity contribution is 5.03. The summed E-state index contributed by atoms with van der Waals surface area (Å²) in [6.45, 7) is 12.0. The fraction of sp³-hybridized carbons (Fsp3) is 0.929. The molecule has 0 bridgehead atoms. The number of aryl methyl sites for hydroxylation is 1. The van der Waals surface area contributed by atoms with Gasteiger partial charge in [-0.1, -0.05) is 20.8 Å². The first kappa shape index (κ1) is 15.4. The maximum atomic E-state index is 4.34. The van der Waals surface area contributed by atoms with Gasteiger partial charge in [0.25, 0.3) is 0 Å². The molecule has 2 rings (SSSR count). The minimum atomic E-state index is 0.160. The van der Waals surface area contributed by atoms with Crippen molar-refractivity contribution >= 4 is 0 Å². The lowest BCUT2D eigenvalue weighted by atomic mass is 9.83. The molecule has 1 aliphatic heterocycles. The summed E-state index contributed by atoms with van der Waals surface area (Å²) in [5.41, 5.74) is 0.379. The molecule has 0 saturated carbocycles. The van der Waals surface area contributed by atoms with Gasteiger partial charge < -0.3 is 5.32 Å². The van der Waals surface area contributed by atoms with Gasteiger partial charge in [0.05, 0.1) is 13.6 Å². The first-order valence-corrected chi connectivity index (χ1v) is 7.70. The number of rotatable bonds is 5. The molecule has 6 nitrogen and oxygen atoms in total. The van der Waals surface area contributed by atoms with Gasteiger partial charge in [-0.2, -0.15) is 4.80 Å². The molecule has 1 saturated heterocycles. The standard InChI is InChI=1S/C14H28N6/c1-6-13(4)10-15-14(7-2,8-3)11-20(13)9-12-16-18-19(5)17-12/h15H,6-11H2,1-5H3. The van der Waals surface area contributed by atoms with Gasteiger partial charge in [0, 0.05) is 24.2 Å². The number of nitrogens with zero attached hydrogens (tertiary/aromatic N) is 5. The highest BCUT2D eigenvalue weighted by Crippen LogP contribution is 2.31. The minimum Gasteiger partial charge on any atom is -0.308 e. The zero-order valence-electron chi connectivity index (χ0n) is 13.5. The van der Waals surface area contributed by atoms with Crippen LogP contribution in [0.25, 0.3) is 0 Å². The van der Waals surface area contributed by atoms with Crippen LogP contribution in [-0.2, 0) is 13.6 Å². The SMILES string of the molecule is CCC1(CC)CN(Cc2nnn(C)n2)C(C)(CC)CN1. The third kappa shape index (κ3) is 2.86. The van der Waals surface area contributed by atoms with Crippen LogP contribution in [0.3, 0.4) is 0 Å². The van der Waals surface area contributed by atoms with Crippen LogP contribution < -0.4 is 5.32 Å². The van der Waals surface area contributed by atoms with Crippen LogP contribution in [0.15, 0.2) is 0 Å². The first-order valence-electron chi connectivity index (χ1n) is 7.70. The summed E-state index contributed by atoms with van der Waals surface area (Å²) in [7, 11) is 1.82. The zero-order valence-corrected chi connectivity index (χ0v) is 13.5. The molecule has 0 aromatic carbocycles.